The zero-order chi connectivity index (χ0) is 49.8. The molecule has 0 saturated carbocycles. The Morgan fingerprint density at radius 1 is 0.588 bits per heavy atom. The number of rotatable bonds is 49. The van der Waals surface area contributed by atoms with Gasteiger partial charge in [0.15, 0.2) is 6.29 Å². The predicted octanol–water partition coefficient (Wildman–Crippen LogP) is 12.8. The molecule has 0 aliphatic carbocycles. The number of amides is 1. The predicted molar refractivity (Wildman–Crippen MR) is 278 cm³/mol. The molecule has 0 aromatic carbocycles. The summed E-state index contributed by atoms with van der Waals surface area (Å²) in [5.41, 5.74) is 0. The summed E-state index contributed by atoms with van der Waals surface area (Å²) in [5, 5.41) is 45.1. The van der Waals surface area contributed by atoms with Crippen molar-refractivity contribution in [1.82, 2.24) is 5.32 Å². The quantitative estimate of drug-likeness (QED) is 0.0193. The van der Waals surface area contributed by atoms with Gasteiger partial charge in [0.1, 0.15) is 24.4 Å². The van der Waals surface area contributed by atoms with Gasteiger partial charge in [0.2, 0.25) is 5.91 Å². The highest BCUT2D eigenvalue weighted by Gasteiger charge is 2.48. The lowest BCUT2D eigenvalue weighted by Crippen LogP contribution is -2.61. The fourth-order valence-electron chi connectivity index (χ4n) is 9.14. The Morgan fingerprint density at radius 2 is 0.985 bits per heavy atom. The summed E-state index contributed by atoms with van der Waals surface area (Å²) in [5.74, 6) is -0.234. The summed E-state index contributed by atoms with van der Waals surface area (Å²) in [6.07, 6.45) is 46.0. The van der Waals surface area contributed by atoms with E-state index in [1.54, 1.807) is 0 Å². The molecule has 0 bridgehead atoms. The van der Waals surface area contributed by atoms with Crippen LogP contribution in [0.2, 0.25) is 0 Å². The molecule has 68 heavy (non-hydrogen) atoms. The number of nitrogens with one attached hydrogen (secondary N) is 1. The van der Waals surface area contributed by atoms with E-state index in [1.165, 1.54) is 173 Å². The lowest BCUT2D eigenvalue weighted by Gasteiger charge is -2.41. The van der Waals surface area contributed by atoms with Gasteiger partial charge in [-0.2, -0.15) is 8.42 Å². The van der Waals surface area contributed by atoms with E-state index < -0.39 is 59.9 Å². The van der Waals surface area contributed by atoms with Crippen molar-refractivity contribution in [2.24, 2.45) is 0 Å². The molecule has 1 saturated heterocycles. The molecule has 1 rings (SSSR count). The van der Waals surface area contributed by atoms with Gasteiger partial charge in [-0.1, -0.05) is 237 Å². The lowest BCUT2D eigenvalue weighted by molar-refractivity contribution is -0.298. The van der Waals surface area contributed by atoms with Crippen LogP contribution < -0.4 is 5.32 Å². The average Bonchev–Trinajstić information content (AvgIpc) is 3.31. The van der Waals surface area contributed by atoms with Crippen molar-refractivity contribution in [2.45, 2.75) is 307 Å². The van der Waals surface area contributed by atoms with Crippen LogP contribution in [0.4, 0.5) is 0 Å². The molecule has 0 aromatic rings. The molecule has 0 aromatic heterocycles. The largest absolute Gasteiger partial charge is 0.397 e. The van der Waals surface area contributed by atoms with Gasteiger partial charge in [-0.25, -0.2) is 4.18 Å². The van der Waals surface area contributed by atoms with Crippen molar-refractivity contribution in [3.63, 3.8) is 0 Å². The minimum absolute atomic E-state index is 0.234. The van der Waals surface area contributed by atoms with Gasteiger partial charge in [-0.05, 0) is 44.9 Å². The molecule has 1 fully saturated rings. The Hall–Kier alpha value is -1.42. The zero-order valence-corrected chi connectivity index (χ0v) is 44.3. The molecule has 7 unspecified atom stereocenters. The number of ether oxygens (including phenoxy) is 2. The average molecular weight is 989 g/mol. The van der Waals surface area contributed by atoms with E-state index >= 15 is 0 Å². The monoisotopic (exact) mass is 988 g/mol. The lowest BCUT2D eigenvalue weighted by atomic mass is 9.99. The third-order valence-electron chi connectivity index (χ3n) is 13.5. The molecule has 0 spiro atoms. The first kappa shape index (κ1) is 64.6. The Balaban J connectivity index is 2.38. The minimum atomic E-state index is -5.08. The molecule has 402 valence electrons. The number of allylic oxidation sites excluding steroid dienone is 4. The number of carbonyl (C=O) groups is 1. The van der Waals surface area contributed by atoms with E-state index in [-0.39, 0.29) is 18.9 Å². The van der Waals surface area contributed by atoms with Gasteiger partial charge in [-0.3, -0.25) is 9.35 Å². The second-order valence-corrected chi connectivity index (χ2v) is 20.9. The third kappa shape index (κ3) is 37.4. The Kier molecular flexibility index (Phi) is 43.2. The summed E-state index contributed by atoms with van der Waals surface area (Å²) >= 11 is 0. The van der Waals surface area contributed by atoms with Crippen LogP contribution in [0.3, 0.4) is 0 Å². The number of hydrogen-bond acceptors (Lipinski definition) is 10. The first-order chi connectivity index (χ1) is 33.0. The number of hydrogen-bond donors (Lipinski definition) is 6. The molecule has 1 heterocycles. The maximum atomic E-state index is 13.1. The molecule has 12 nitrogen and oxygen atoms in total. The SMILES string of the molecule is CCCCCCCCCCC/C=C\C/C=C\CCCCCCCCCC(=O)NC(COC1OC(CO)C(O)C(OS(=O)(=O)O)C1O)C(O)CCCCCCCCCCCCCCCCCCCC. The third-order valence-corrected chi connectivity index (χ3v) is 14.0. The number of aliphatic hydroxyl groups is 4. The first-order valence-corrected chi connectivity index (χ1v) is 29.6. The maximum Gasteiger partial charge on any atom is 0.397 e. The van der Waals surface area contributed by atoms with Crippen LogP contribution in [-0.2, 0) is 28.9 Å². The Morgan fingerprint density at radius 3 is 1.40 bits per heavy atom. The minimum Gasteiger partial charge on any atom is -0.394 e. The van der Waals surface area contributed by atoms with E-state index in [0.29, 0.717) is 12.8 Å². The Bertz CT molecular complexity index is 1300. The van der Waals surface area contributed by atoms with Crippen molar-refractivity contribution in [3.8, 4) is 0 Å². The highest BCUT2D eigenvalue weighted by molar-refractivity contribution is 7.80. The van der Waals surface area contributed by atoms with E-state index in [1.807, 2.05) is 0 Å². The van der Waals surface area contributed by atoms with Gasteiger partial charge in [0.25, 0.3) is 0 Å². The van der Waals surface area contributed by atoms with Crippen LogP contribution in [0, 0.1) is 0 Å². The van der Waals surface area contributed by atoms with Crippen LogP contribution in [-0.4, -0.2) is 95.4 Å². The molecular weight excluding hydrogens is 883 g/mol. The first-order valence-electron chi connectivity index (χ1n) is 28.2. The van der Waals surface area contributed by atoms with Crippen molar-refractivity contribution < 1.29 is 51.8 Å². The van der Waals surface area contributed by atoms with Crippen molar-refractivity contribution in [2.75, 3.05) is 13.2 Å². The summed E-state index contributed by atoms with van der Waals surface area (Å²) < 4.78 is 47.9. The summed E-state index contributed by atoms with van der Waals surface area (Å²) in [7, 11) is -5.08. The molecule has 6 N–H and O–H groups in total. The standard InChI is InChI=1S/C55H105NO11S/c1-3-5-7-9-11-13-15-17-19-21-23-24-25-26-27-29-31-33-35-37-39-41-43-45-51(59)56-48(47-65-55-53(61)54(67-68(62,63)64)52(60)50(46-57)66-55)49(58)44-42-40-38-36-34-32-30-28-22-20-18-16-14-12-10-8-6-4-2/h23-24,26-27,48-50,52-55,57-58,60-61H,3-22,25,28-47H2,1-2H3,(H,56,59)(H,62,63,64)/b24-23-,27-26-. The van der Waals surface area contributed by atoms with Crippen LogP contribution in [0.1, 0.15) is 264 Å². The second kappa shape index (κ2) is 45.4. The van der Waals surface area contributed by atoms with Gasteiger partial charge in [0.05, 0.1) is 25.4 Å². The number of aliphatic hydroxyl groups excluding tert-OH is 4. The fourth-order valence-corrected chi connectivity index (χ4v) is 9.65. The summed E-state index contributed by atoms with van der Waals surface area (Å²) in [6.45, 7) is 3.48. The van der Waals surface area contributed by atoms with Gasteiger partial charge in [-0.15, -0.1) is 0 Å². The summed E-state index contributed by atoms with van der Waals surface area (Å²) in [4.78, 5) is 13.1. The van der Waals surface area contributed by atoms with Crippen LogP contribution in [0.5, 0.6) is 0 Å². The van der Waals surface area contributed by atoms with E-state index in [9.17, 15) is 38.2 Å². The molecule has 1 aliphatic heterocycles. The van der Waals surface area contributed by atoms with E-state index in [2.05, 4.69) is 47.7 Å². The van der Waals surface area contributed by atoms with Crippen molar-refractivity contribution >= 4 is 16.3 Å². The Labute approximate surface area is 416 Å². The molecule has 13 heteroatoms. The van der Waals surface area contributed by atoms with Crippen molar-refractivity contribution in [1.29, 1.82) is 0 Å². The second-order valence-electron chi connectivity index (χ2n) is 19.9. The van der Waals surface area contributed by atoms with Gasteiger partial charge < -0.3 is 35.2 Å². The zero-order valence-electron chi connectivity index (χ0n) is 43.4. The molecule has 0 radical (unpaired) electrons. The van der Waals surface area contributed by atoms with Crippen molar-refractivity contribution in [3.05, 3.63) is 24.3 Å². The van der Waals surface area contributed by atoms with E-state index in [0.717, 1.165) is 57.8 Å². The fraction of sp³-hybridized carbons (Fsp3) is 0.909. The van der Waals surface area contributed by atoms with Gasteiger partial charge >= 0.3 is 10.4 Å². The number of carbonyl (C=O) groups excluding carboxylic acids is 1. The molecule has 7 atom stereocenters. The molecule has 1 aliphatic rings. The van der Waals surface area contributed by atoms with Crippen LogP contribution in [0.15, 0.2) is 24.3 Å². The number of unbranched alkanes of at least 4 members (excludes halogenated alkanes) is 33. The van der Waals surface area contributed by atoms with E-state index in [4.69, 9.17) is 9.47 Å². The van der Waals surface area contributed by atoms with Crippen LogP contribution >= 0.6 is 0 Å². The highest BCUT2D eigenvalue weighted by atomic mass is 32.3. The van der Waals surface area contributed by atoms with Crippen LogP contribution in [0.25, 0.3) is 0 Å². The molecular formula is C55H105NO11S. The maximum absolute atomic E-state index is 13.1. The highest BCUT2D eigenvalue weighted by Crippen LogP contribution is 2.26. The molecule has 1 amide bonds. The van der Waals surface area contributed by atoms with Gasteiger partial charge in [0, 0.05) is 6.42 Å². The smallest absolute Gasteiger partial charge is 0.394 e. The normalized spacial score (nSPS) is 19.9. The summed E-state index contributed by atoms with van der Waals surface area (Å²) in [6, 6.07) is -0.862. The topological polar surface area (TPSA) is 192 Å².